The molecule has 0 unspecified atom stereocenters. The predicted molar refractivity (Wildman–Crippen MR) is 80.7 cm³/mol. The number of amides is 1. The largest absolute Gasteiger partial charge is 0.398 e. The van der Waals surface area contributed by atoms with E-state index in [2.05, 4.69) is 18.3 Å². The number of hydrogen-bond acceptors (Lipinski definition) is 3. The fourth-order valence-corrected chi connectivity index (χ4v) is 2.95. The lowest BCUT2D eigenvalue weighted by Gasteiger charge is -2.08. The van der Waals surface area contributed by atoms with Crippen LogP contribution in [-0.4, -0.2) is 5.91 Å². The van der Waals surface area contributed by atoms with Crippen LogP contribution < -0.4 is 11.1 Å². The van der Waals surface area contributed by atoms with E-state index >= 15 is 0 Å². The summed E-state index contributed by atoms with van der Waals surface area (Å²) in [5.74, 6) is -0.201. The third-order valence-electron chi connectivity index (χ3n) is 2.90. The molecule has 1 aromatic carbocycles. The highest BCUT2D eigenvalue weighted by atomic mass is 35.5. The Bertz CT molecular complexity index is 595. The Morgan fingerprint density at radius 3 is 2.95 bits per heavy atom. The van der Waals surface area contributed by atoms with Crippen LogP contribution in [0.1, 0.15) is 27.7 Å². The van der Waals surface area contributed by atoms with Crippen molar-refractivity contribution in [3.05, 3.63) is 50.7 Å². The number of nitrogens with one attached hydrogen (secondary N) is 1. The summed E-state index contributed by atoms with van der Waals surface area (Å²) in [6, 6.07) is 7.15. The molecule has 2 rings (SSSR count). The topological polar surface area (TPSA) is 55.1 Å². The van der Waals surface area contributed by atoms with Gasteiger partial charge in [-0.2, -0.15) is 0 Å². The average molecular weight is 295 g/mol. The fourth-order valence-electron chi connectivity index (χ4n) is 1.82. The molecular weight excluding hydrogens is 280 g/mol. The summed E-state index contributed by atoms with van der Waals surface area (Å²) in [4.78, 5) is 13.2. The molecule has 19 heavy (non-hydrogen) atoms. The van der Waals surface area contributed by atoms with Crippen molar-refractivity contribution >= 4 is 34.5 Å². The average Bonchev–Trinajstić information content (AvgIpc) is 2.86. The van der Waals surface area contributed by atoms with E-state index < -0.39 is 0 Å². The van der Waals surface area contributed by atoms with Gasteiger partial charge in [-0.1, -0.05) is 24.6 Å². The van der Waals surface area contributed by atoms with E-state index in [4.69, 9.17) is 17.3 Å². The molecule has 0 saturated heterocycles. The summed E-state index contributed by atoms with van der Waals surface area (Å²) in [5, 5.41) is 5.22. The number of carbonyl (C=O) groups is 1. The fraction of sp³-hybridized carbons (Fsp3) is 0.214. The van der Waals surface area contributed by atoms with Gasteiger partial charge in [0.15, 0.2) is 0 Å². The molecule has 0 spiro atoms. The Hall–Kier alpha value is -1.52. The maximum Gasteiger partial charge on any atom is 0.253 e. The second-order valence-corrected chi connectivity index (χ2v) is 5.49. The molecule has 0 atom stereocenters. The molecule has 1 heterocycles. The van der Waals surface area contributed by atoms with Gasteiger partial charge in [-0.05, 0) is 35.6 Å². The summed E-state index contributed by atoms with van der Waals surface area (Å²) < 4.78 is 0. The molecule has 3 nitrogen and oxygen atoms in total. The molecule has 0 aliphatic rings. The molecule has 1 aromatic heterocycles. The maximum absolute atomic E-state index is 12.1. The van der Waals surface area contributed by atoms with E-state index in [0.717, 1.165) is 6.42 Å². The van der Waals surface area contributed by atoms with E-state index in [-0.39, 0.29) is 5.91 Å². The van der Waals surface area contributed by atoms with Gasteiger partial charge in [0, 0.05) is 4.88 Å². The minimum atomic E-state index is -0.201. The van der Waals surface area contributed by atoms with Crippen LogP contribution in [0.25, 0.3) is 0 Å². The van der Waals surface area contributed by atoms with E-state index in [0.29, 0.717) is 22.8 Å². The van der Waals surface area contributed by atoms with Crippen molar-refractivity contribution in [2.45, 2.75) is 19.9 Å². The van der Waals surface area contributed by atoms with Crippen LogP contribution in [0.4, 0.5) is 5.69 Å². The Labute approximate surface area is 121 Å². The van der Waals surface area contributed by atoms with E-state index in [1.807, 2.05) is 5.38 Å². The van der Waals surface area contributed by atoms with E-state index in [1.54, 1.807) is 29.5 Å². The zero-order valence-electron chi connectivity index (χ0n) is 10.6. The highest BCUT2D eigenvalue weighted by Crippen LogP contribution is 2.23. The second kappa shape index (κ2) is 6.08. The highest BCUT2D eigenvalue weighted by molar-refractivity contribution is 7.10. The summed E-state index contributed by atoms with van der Waals surface area (Å²) in [6.07, 6.45) is 0.966. The van der Waals surface area contributed by atoms with Gasteiger partial charge in [0.1, 0.15) is 0 Å². The minimum absolute atomic E-state index is 0.201. The monoisotopic (exact) mass is 294 g/mol. The van der Waals surface area contributed by atoms with Gasteiger partial charge in [0.25, 0.3) is 5.91 Å². The van der Waals surface area contributed by atoms with Crippen LogP contribution in [0.2, 0.25) is 5.02 Å². The Morgan fingerprint density at radius 2 is 2.21 bits per heavy atom. The van der Waals surface area contributed by atoms with Gasteiger partial charge in [0.2, 0.25) is 0 Å². The number of benzene rings is 1. The number of anilines is 1. The molecule has 100 valence electrons. The van der Waals surface area contributed by atoms with Gasteiger partial charge < -0.3 is 11.1 Å². The maximum atomic E-state index is 12.1. The summed E-state index contributed by atoms with van der Waals surface area (Å²) in [5.41, 5.74) is 7.78. The first-order valence-corrected chi connectivity index (χ1v) is 7.26. The predicted octanol–water partition coefficient (Wildman–Crippen LogP) is 3.48. The first kappa shape index (κ1) is 13.9. The molecule has 0 saturated carbocycles. The van der Waals surface area contributed by atoms with Crippen molar-refractivity contribution in [1.29, 1.82) is 0 Å². The van der Waals surface area contributed by atoms with Crippen molar-refractivity contribution < 1.29 is 4.79 Å². The number of carbonyl (C=O) groups excluding carboxylic acids is 1. The quantitative estimate of drug-likeness (QED) is 0.848. The van der Waals surface area contributed by atoms with Gasteiger partial charge >= 0.3 is 0 Å². The lowest BCUT2D eigenvalue weighted by molar-refractivity contribution is 0.0951. The number of nitrogen functional groups attached to an aromatic ring is 1. The molecule has 0 aliphatic carbocycles. The van der Waals surface area contributed by atoms with Crippen molar-refractivity contribution in [2.24, 2.45) is 0 Å². The van der Waals surface area contributed by atoms with Crippen molar-refractivity contribution in [2.75, 3.05) is 5.73 Å². The van der Waals surface area contributed by atoms with E-state index in [1.165, 1.54) is 10.4 Å². The minimum Gasteiger partial charge on any atom is -0.398 e. The lowest BCUT2D eigenvalue weighted by atomic mass is 10.1. The molecule has 0 fully saturated rings. The van der Waals surface area contributed by atoms with Crippen LogP contribution in [0.15, 0.2) is 29.6 Å². The van der Waals surface area contributed by atoms with Crippen molar-refractivity contribution in [3.63, 3.8) is 0 Å². The number of thiophene rings is 1. The molecule has 0 bridgehead atoms. The smallest absolute Gasteiger partial charge is 0.253 e. The van der Waals surface area contributed by atoms with Crippen LogP contribution in [-0.2, 0) is 13.0 Å². The van der Waals surface area contributed by atoms with E-state index in [9.17, 15) is 4.79 Å². The van der Waals surface area contributed by atoms with Crippen LogP contribution >= 0.6 is 22.9 Å². The van der Waals surface area contributed by atoms with Gasteiger partial charge in [-0.25, -0.2) is 0 Å². The Kier molecular flexibility index (Phi) is 4.45. The number of nitrogens with two attached hydrogens (primary N) is 1. The molecule has 3 N–H and O–H groups in total. The molecule has 2 aromatic rings. The van der Waals surface area contributed by atoms with Crippen molar-refractivity contribution in [3.8, 4) is 0 Å². The van der Waals surface area contributed by atoms with Crippen molar-refractivity contribution in [1.82, 2.24) is 5.32 Å². The van der Waals surface area contributed by atoms with Crippen LogP contribution in [0, 0.1) is 0 Å². The standard InChI is InChI=1S/C14H15ClN2OS/c1-2-9-6-7-19-12(9)8-17-14(18)10-4-3-5-11(16)13(10)15/h3-7H,2,8,16H2,1H3,(H,17,18). The second-order valence-electron chi connectivity index (χ2n) is 4.11. The summed E-state index contributed by atoms with van der Waals surface area (Å²) >= 11 is 7.67. The number of hydrogen-bond donors (Lipinski definition) is 2. The Morgan fingerprint density at radius 1 is 1.42 bits per heavy atom. The third-order valence-corrected chi connectivity index (χ3v) is 4.29. The van der Waals surface area contributed by atoms with Crippen LogP contribution in [0.3, 0.4) is 0 Å². The number of halogens is 1. The van der Waals surface area contributed by atoms with Gasteiger partial charge in [-0.15, -0.1) is 11.3 Å². The molecular formula is C14H15ClN2OS. The lowest BCUT2D eigenvalue weighted by Crippen LogP contribution is -2.23. The van der Waals surface area contributed by atoms with Gasteiger partial charge in [-0.3, -0.25) is 4.79 Å². The molecule has 1 amide bonds. The number of rotatable bonds is 4. The highest BCUT2D eigenvalue weighted by Gasteiger charge is 2.12. The zero-order valence-corrected chi connectivity index (χ0v) is 12.1. The zero-order chi connectivity index (χ0) is 13.8. The normalized spacial score (nSPS) is 10.4. The first-order valence-electron chi connectivity index (χ1n) is 6.01. The third kappa shape index (κ3) is 3.08. The van der Waals surface area contributed by atoms with Gasteiger partial charge in [0.05, 0.1) is 22.8 Å². The number of aryl methyl sites for hydroxylation is 1. The summed E-state index contributed by atoms with van der Waals surface area (Å²) in [6.45, 7) is 2.62. The first-order chi connectivity index (χ1) is 9.13. The van der Waals surface area contributed by atoms with Crippen LogP contribution in [0.5, 0.6) is 0 Å². The molecule has 0 radical (unpaired) electrons. The molecule has 5 heteroatoms. The summed E-state index contributed by atoms with van der Waals surface area (Å²) in [7, 11) is 0. The SMILES string of the molecule is CCc1ccsc1CNC(=O)c1cccc(N)c1Cl. The Balaban J connectivity index is 2.08. The molecule has 0 aliphatic heterocycles.